The van der Waals surface area contributed by atoms with Crippen molar-refractivity contribution in [3.8, 4) is 11.4 Å². The molecule has 0 bridgehead atoms. The predicted molar refractivity (Wildman–Crippen MR) is 130 cm³/mol. The fourth-order valence-corrected chi connectivity index (χ4v) is 5.45. The van der Waals surface area contributed by atoms with Crippen molar-refractivity contribution in [2.45, 2.75) is 43.7 Å². The summed E-state index contributed by atoms with van der Waals surface area (Å²) in [6.07, 6.45) is 1.75. The number of carbonyl (C=O) groups is 1. The topological polar surface area (TPSA) is 109 Å². The molecule has 5 rings (SSSR count). The highest BCUT2D eigenvalue weighted by molar-refractivity contribution is 7.89. The molecule has 2 aromatic carbocycles. The second-order valence-electron chi connectivity index (χ2n) is 9.25. The molecular weight excluding hydrogens is 466 g/mol. The van der Waals surface area contributed by atoms with Crippen LogP contribution in [-0.4, -0.2) is 66.5 Å². The molecule has 2 fully saturated rings. The van der Waals surface area contributed by atoms with Crippen LogP contribution in [0.1, 0.15) is 47.6 Å². The second-order valence-corrected chi connectivity index (χ2v) is 11.0. The SMILES string of the molecule is Cc1ccc(-c2noc(C(C)N3CCN(C(=O)c4ccc(S(=O)(=O)NC5CC5)cc4)CC3)n2)cc1. The van der Waals surface area contributed by atoms with Gasteiger partial charge in [0.15, 0.2) is 0 Å². The Morgan fingerprint density at radius 2 is 1.69 bits per heavy atom. The summed E-state index contributed by atoms with van der Waals surface area (Å²) in [4.78, 5) is 21.8. The second kappa shape index (κ2) is 9.52. The molecule has 1 aliphatic heterocycles. The molecule has 1 saturated carbocycles. The summed E-state index contributed by atoms with van der Waals surface area (Å²) in [6.45, 7) is 6.53. The van der Waals surface area contributed by atoms with Gasteiger partial charge in [0.1, 0.15) is 0 Å². The van der Waals surface area contributed by atoms with Gasteiger partial charge in [-0.15, -0.1) is 0 Å². The molecule has 1 aliphatic carbocycles. The highest BCUT2D eigenvalue weighted by Crippen LogP contribution is 2.25. The van der Waals surface area contributed by atoms with E-state index in [1.165, 1.54) is 17.7 Å². The number of amides is 1. The van der Waals surface area contributed by atoms with E-state index in [1.807, 2.05) is 38.1 Å². The number of hydrogen-bond acceptors (Lipinski definition) is 7. The number of aryl methyl sites for hydroxylation is 1. The third-order valence-electron chi connectivity index (χ3n) is 6.57. The number of aromatic nitrogens is 2. The zero-order valence-electron chi connectivity index (χ0n) is 19.8. The maximum absolute atomic E-state index is 13.0. The van der Waals surface area contributed by atoms with Crippen molar-refractivity contribution >= 4 is 15.9 Å². The summed E-state index contributed by atoms with van der Waals surface area (Å²) < 4.78 is 32.9. The van der Waals surface area contributed by atoms with Gasteiger partial charge in [-0.05, 0) is 51.0 Å². The molecule has 9 nitrogen and oxygen atoms in total. The third kappa shape index (κ3) is 5.29. The van der Waals surface area contributed by atoms with Crippen LogP contribution in [0.25, 0.3) is 11.4 Å². The Morgan fingerprint density at radius 1 is 1.03 bits per heavy atom. The van der Waals surface area contributed by atoms with Crippen molar-refractivity contribution in [2.75, 3.05) is 26.2 Å². The van der Waals surface area contributed by atoms with Crippen molar-refractivity contribution in [3.05, 3.63) is 65.5 Å². The first-order chi connectivity index (χ1) is 16.8. The van der Waals surface area contributed by atoms with E-state index in [0.29, 0.717) is 43.5 Å². The summed E-state index contributed by atoms with van der Waals surface area (Å²) in [7, 11) is -3.53. The Hall–Kier alpha value is -3.08. The number of carbonyl (C=O) groups excluding carboxylic acids is 1. The molecule has 1 unspecified atom stereocenters. The lowest BCUT2D eigenvalue weighted by atomic mass is 10.1. The van der Waals surface area contributed by atoms with E-state index in [0.717, 1.165) is 18.4 Å². The fraction of sp³-hybridized carbons (Fsp3) is 0.400. The van der Waals surface area contributed by atoms with Gasteiger partial charge in [0, 0.05) is 43.3 Å². The molecule has 1 N–H and O–H groups in total. The van der Waals surface area contributed by atoms with Crippen LogP contribution in [0.15, 0.2) is 57.9 Å². The van der Waals surface area contributed by atoms with Crippen molar-refractivity contribution in [3.63, 3.8) is 0 Å². The van der Waals surface area contributed by atoms with E-state index >= 15 is 0 Å². The fourth-order valence-electron chi connectivity index (χ4n) is 4.14. The largest absolute Gasteiger partial charge is 0.337 e. The Morgan fingerprint density at radius 3 is 2.31 bits per heavy atom. The van der Waals surface area contributed by atoms with Gasteiger partial charge in [-0.3, -0.25) is 9.69 Å². The summed E-state index contributed by atoms with van der Waals surface area (Å²) in [5, 5.41) is 4.13. The van der Waals surface area contributed by atoms with E-state index in [-0.39, 0.29) is 22.9 Å². The normalized spacial score (nSPS) is 17.9. The number of benzene rings is 2. The highest BCUT2D eigenvalue weighted by Gasteiger charge is 2.30. The van der Waals surface area contributed by atoms with Crippen LogP contribution in [0.5, 0.6) is 0 Å². The van der Waals surface area contributed by atoms with E-state index < -0.39 is 10.0 Å². The first-order valence-electron chi connectivity index (χ1n) is 11.9. The zero-order valence-corrected chi connectivity index (χ0v) is 20.7. The number of nitrogens with zero attached hydrogens (tertiary/aromatic N) is 4. The summed E-state index contributed by atoms with van der Waals surface area (Å²) in [5.74, 6) is 1.02. The van der Waals surface area contributed by atoms with Crippen molar-refractivity contribution in [1.29, 1.82) is 0 Å². The van der Waals surface area contributed by atoms with Crippen LogP contribution in [0.2, 0.25) is 0 Å². The minimum absolute atomic E-state index is 0.0429. The predicted octanol–water partition coefficient (Wildman–Crippen LogP) is 3.00. The molecule has 2 aliphatic rings. The number of piperazine rings is 1. The van der Waals surface area contributed by atoms with Crippen LogP contribution in [0.4, 0.5) is 0 Å². The zero-order chi connectivity index (χ0) is 24.6. The van der Waals surface area contributed by atoms with Gasteiger partial charge in [0.05, 0.1) is 10.9 Å². The Bertz CT molecular complexity index is 1290. The maximum Gasteiger partial charge on any atom is 0.253 e. The number of hydrogen-bond donors (Lipinski definition) is 1. The Kier molecular flexibility index (Phi) is 6.43. The van der Waals surface area contributed by atoms with Gasteiger partial charge in [0.2, 0.25) is 21.7 Å². The molecule has 3 aromatic rings. The molecule has 1 aromatic heterocycles. The van der Waals surface area contributed by atoms with Crippen molar-refractivity contribution in [1.82, 2.24) is 24.7 Å². The standard InChI is InChI=1S/C25H29N5O4S/c1-17-3-5-19(6-4-17)23-26-24(34-27-23)18(2)29-13-15-30(16-14-29)25(31)20-7-11-22(12-8-20)35(32,33)28-21-9-10-21/h3-8,11-12,18,21,28H,9-10,13-16H2,1-2H3. The molecule has 0 spiro atoms. The molecule has 10 heteroatoms. The van der Waals surface area contributed by atoms with Crippen LogP contribution in [0, 0.1) is 6.92 Å². The summed E-state index contributed by atoms with van der Waals surface area (Å²) >= 11 is 0. The van der Waals surface area contributed by atoms with Crippen LogP contribution < -0.4 is 4.72 Å². The Labute approximate surface area is 205 Å². The quantitative estimate of drug-likeness (QED) is 0.537. The van der Waals surface area contributed by atoms with Gasteiger partial charge < -0.3 is 9.42 Å². The molecule has 1 amide bonds. The van der Waals surface area contributed by atoms with Crippen LogP contribution in [-0.2, 0) is 10.0 Å². The number of nitrogens with one attached hydrogen (secondary N) is 1. The van der Waals surface area contributed by atoms with Crippen molar-refractivity contribution in [2.24, 2.45) is 0 Å². The molecule has 1 atom stereocenters. The van der Waals surface area contributed by atoms with Gasteiger partial charge >= 0.3 is 0 Å². The molecule has 184 valence electrons. The van der Waals surface area contributed by atoms with Gasteiger partial charge in [-0.1, -0.05) is 35.0 Å². The molecule has 1 saturated heterocycles. The monoisotopic (exact) mass is 495 g/mol. The third-order valence-corrected chi connectivity index (χ3v) is 8.11. The first-order valence-corrected chi connectivity index (χ1v) is 13.3. The van der Waals surface area contributed by atoms with Gasteiger partial charge in [-0.25, -0.2) is 13.1 Å². The molecule has 0 radical (unpaired) electrons. The van der Waals surface area contributed by atoms with E-state index in [9.17, 15) is 13.2 Å². The lowest BCUT2D eigenvalue weighted by Gasteiger charge is -2.36. The molecular formula is C25H29N5O4S. The summed E-state index contributed by atoms with van der Waals surface area (Å²) in [6, 6.07) is 14.1. The number of rotatable bonds is 7. The van der Waals surface area contributed by atoms with Crippen molar-refractivity contribution < 1.29 is 17.7 Å². The van der Waals surface area contributed by atoms with E-state index in [4.69, 9.17) is 4.52 Å². The average molecular weight is 496 g/mol. The first kappa shape index (κ1) is 23.7. The van der Waals surface area contributed by atoms with Crippen LogP contribution >= 0.6 is 0 Å². The van der Waals surface area contributed by atoms with E-state index in [1.54, 1.807) is 17.0 Å². The molecule has 35 heavy (non-hydrogen) atoms. The molecule has 2 heterocycles. The lowest BCUT2D eigenvalue weighted by Crippen LogP contribution is -2.49. The lowest BCUT2D eigenvalue weighted by molar-refractivity contribution is 0.0551. The smallest absolute Gasteiger partial charge is 0.253 e. The van der Waals surface area contributed by atoms with Crippen LogP contribution in [0.3, 0.4) is 0 Å². The average Bonchev–Trinajstić information content (AvgIpc) is 3.54. The Balaban J connectivity index is 1.18. The highest BCUT2D eigenvalue weighted by atomic mass is 32.2. The van der Waals surface area contributed by atoms with Gasteiger partial charge in [-0.2, -0.15) is 4.98 Å². The van der Waals surface area contributed by atoms with Gasteiger partial charge in [0.25, 0.3) is 5.91 Å². The minimum Gasteiger partial charge on any atom is -0.337 e. The minimum atomic E-state index is -3.53. The number of sulfonamides is 1. The summed E-state index contributed by atoms with van der Waals surface area (Å²) in [5.41, 5.74) is 2.57. The maximum atomic E-state index is 13.0. The van der Waals surface area contributed by atoms with E-state index in [2.05, 4.69) is 19.8 Å².